The van der Waals surface area contributed by atoms with Crippen molar-refractivity contribution in [2.24, 2.45) is 13.0 Å². The van der Waals surface area contributed by atoms with Gasteiger partial charge in [-0.2, -0.15) is 0 Å². The van der Waals surface area contributed by atoms with Gasteiger partial charge in [0.2, 0.25) is 0 Å². The van der Waals surface area contributed by atoms with E-state index in [0.717, 1.165) is 17.7 Å². The molecule has 1 aromatic rings. The number of aromatic nitrogens is 2. The molecule has 1 aliphatic rings. The highest BCUT2D eigenvalue weighted by molar-refractivity contribution is 7.53. The van der Waals surface area contributed by atoms with Gasteiger partial charge in [0.25, 0.3) is 5.56 Å². The summed E-state index contributed by atoms with van der Waals surface area (Å²) in [6, 6.07) is 0. The SMILES string of the molecule is CCC(C)(OP(=O)(O)C(C)O)C(C)[C@H]1O[C@@H](c2c[nH]c(=O)n(C)c2=O)[C@H](O)[C@@H]1O. The zero-order valence-electron chi connectivity index (χ0n) is 17.0. The number of nitrogens with one attached hydrogen (secondary N) is 1. The molecule has 1 fully saturated rings. The highest BCUT2D eigenvalue weighted by Crippen LogP contribution is 2.53. The first-order valence-corrected chi connectivity index (χ1v) is 10.9. The summed E-state index contributed by atoms with van der Waals surface area (Å²) in [6.07, 6.45) is -3.80. The Morgan fingerprint density at radius 1 is 1.34 bits per heavy atom. The molecule has 0 amide bonds. The van der Waals surface area contributed by atoms with E-state index in [4.69, 9.17) is 9.26 Å². The third-order valence-corrected chi connectivity index (χ3v) is 7.41. The summed E-state index contributed by atoms with van der Waals surface area (Å²) in [5, 5.41) is 30.5. The van der Waals surface area contributed by atoms with Crippen molar-refractivity contribution in [2.75, 3.05) is 0 Å². The molecule has 4 unspecified atom stereocenters. The Kier molecular flexibility index (Phi) is 6.96. The lowest BCUT2D eigenvalue weighted by Gasteiger charge is -2.40. The number of H-pyrrole nitrogens is 1. The molecule has 2 heterocycles. The van der Waals surface area contributed by atoms with E-state index in [1.54, 1.807) is 13.8 Å². The van der Waals surface area contributed by atoms with Crippen LogP contribution in [0, 0.1) is 5.92 Å². The predicted molar refractivity (Wildman–Crippen MR) is 102 cm³/mol. The maximum Gasteiger partial charge on any atom is 0.356 e. The van der Waals surface area contributed by atoms with Crippen LogP contribution in [0.3, 0.4) is 0 Å². The van der Waals surface area contributed by atoms with E-state index in [-0.39, 0.29) is 12.0 Å². The monoisotopic (exact) mass is 436 g/mol. The highest BCUT2D eigenvalue weighted by Gasteiger charge is 2.52. The summed E-state index contributed by atoms with van der Waals surface area (Å²) < 4.78 is 24.2. The fourth-order valence-corrected chi connectivity index (χ4v) is 4.40. The van der Waals surface area contributed by atoms with Crippen LogP contribution in [0.2, 0.25) is 0 Å². The summed E-state index contributed by atoms with van der Waals surface area (Å²) in [6.45, 7) is 5.98. The predicted octanol–water partition coefficient (Wildman–Crippen LogP) is -0.420. The van der Waals surface area contributed by atoms with Crippen molar-refractivity contribution in [1.29, 1.82) is 0 Å². The number of aromatic amines is 1. The second-order valence-electron chi connectivity index (χ2n) is 7.66. The molecule has 8 atom stereocenters. The number of hydrogen-bond donors (Lipinski definition) is 5. The molecule has 0 bridgehead atoms. The van der Waals surface area contributed by atoms with Gasteiger partial charge in [-0.15, -0.1) is 0 Å². The zero-order chi connectivity index (χ0) is 22.3. The van der Waals surface area contributed by atoms with Gasteiger partial charge in [0.1, 0.15) is 18.3 Å². The van der Waals surface area contributed by atoms with Gasteiger partial charge in [-0.05, 0) is 20.3 Å². The zero-order valence-corrected chi connectivity index (χ0v) is 17.9. The van der Waals surface area contributed by atoms with Crippen molar-refractivity contribution < 1.29 is 34.0 Å². The molecule has 0 saturated carbocycles. The first-order chi connectivity index (χ1) is 13.3. The standard InChI is InChI=1S/C17H29N2O9P/c1-6-17(4,28-29(25,26)9(3)20)8(2)13-11(21)12(22)14(27-13)10-7-18-16(24)19(5)15(10)23/h7-9,11-14,20-22H,6H2,1-5H3,(H,18,24)(H,25,26)/t8?,9?,11-,12+,13+,14-,17?/m0/s1. The average Bonchev–Trinajstić information content (AvgIpc) is 2.94. The molecule has 0 aromatic carbocycles. The van der Waals surface area contributed by atoms with E-state index >= 15 is 0 Å². The van der Waals surface area contributed by atoms with Crippen molar-refractivity contribution in [3.63, 3.8) is 0 Å². The normalized spacial score (nSPS) is 31.1. The van der Waals surface area contributed by atoms with Crippen LogP contribution in [0.15, 0.2) is 15.8 Å². The Morgan fingerprint density at radius 2 is 1.93 bits per heavy atom. The number of rotatable bonds is 7. The van der Waals surface area contributed by atoms with Crippen LogP contribution in [-0.2, 0) is 20.9 Å². The number of hydrogen-bond acceptors (Lipinski definition) is 8. The van der Waals surface area contributed by atoms with Gasteiger partial charge in [-0.1, -0.05) is 13.8 Å². The quantitative estimate of drug-likeness (QED) is 0.356. The molecule has 2 rings (SSSR count). The Bertz CT molecular complexity index is 898. The Morgan fingerprint density at radius 3 is 2.45 bits per heavy atom. The van der Waals surface area contributed by atoms with E-state index in [2.05, 4.69) is 4.98 Å². The Balaban J connectivity index is 2.36. The minimum Gasteiger partial charge on any atom is -0.388 e. The molecule has 0 aliphatic carbocycles. The summed E-state index contributed by atoms with van der Waals surface area (Å²) in [5.74, 6) is -2.33. The first-order valence-electron chi connectivity index (χ1n) is 9.28. The maximum absolute atomic E-state index is 12.4. The van der Waals surface area contributed by atoms with Crippen molar-refractivity contribution >= 4 is 7.60 Å². The van der Waals surface area contributed by atoms with Crippen LogP contribution in [0.5, 0.6) is 0 Å². The minimum atomic E-state index is -4.36. The van der Waals surface area contributed by atoms with Crippen molar-refractivity contribution in [3.05, 3.63) is 32.6 Å². The molecule has 1 aromatic heterocycles. The number of nitrogens with zero attached hydrogens (tertiary/aromatic N) is 1. The average molecular weight is 436 g/mol. The summed E-state index contributed by atoms with van der Waals surface area (Å²) in [7, 11) is -3.10. The molecular weight excluding hydrogens is 407 g/mol. The molecule has 0 radical (unpaired) electrons. The molecule has 1 aliphatic heterocycles. The topological polar surface area (TPSA) is 171 Å². The Hall–Kier alpha value is -1.33. The van der Waals surface area contributed by atoms with Gasteiger partial charge >= 0.3 is 13.3 Å². The van der Waals surface area contributed by atoms with Gasteiger partial charge in [-0.25, -0.2) is 4.79 Å². The van der Waals surface area contributed by atoms with Crippen molar-refractivity contribution in [3.8, 4) is 0 Å². The fourth-order valence-electron chi connectivity index (χ4n) is 3.35. The van der Waals surface area contributed by atoms with E-state index in [0.29, 0.717) is 0 Å². The summed E-state index contributed by atoms with van der Waals surface area (Å²) in [4.78, 5) is 36.2. The lowest BCUT2D eigenvalue weighted by atomic mass is 9.82. The van der Waals surface area contributed by atoms with E-state index < -0.39 is 60.6 Å². The Labute approximate surface area is 167 Å². The van der Waals surface area contributed by atoms with Crippen molar-refractivity contribution in [2.45, 2.75) is 70.0 Å². The third-order valence-electron chi connectivity index (χ3n) is 5.78. The van der Waals surface area contributed by atoms with Crippen LogP contribution in [0.1, 0.15) is 45.8 Å². The second-order valence-corrected chi connectivity index (χ2v) is 9.72. The number of ether oxygens (including phenoxy) is 1. The first kappa shape index (κ1) is 23.9. The highest BCUT2D eigenvalue weighted by atomic mass is 31.2. The van der Waals surface area contributed by atoms with Crippen LogP contribution < -0.4 is 11.2 Å². The lowest BCUT2D eigenvalue weighted by Crippen LogP contribution is -2.46. The minimum absolute atomic E-state index is 0.0377. The maximum atomic E-state index is 12.4. The van der Waals surface area contributed by atoms with Gasteiger partial charge in [0.15, 0.2) is 5.85 Å². The third kappa shape index (κ3) is 4.41. The van der Waals surface area contributed by atoms with Gasteiger partial charge < -0.3 is 34.5 Å². The van der Waals surface area contributed by atoms with E-state index in [9.17, 15) is 34.4 Å². The summed E-state index contributed by atoms with van der Waals surface area (Å²) >= 11 is 0. The second kappa shape index (κ2) is 8.43. The van der Waals surface area contributed by atoms with E-state index in [1.165, 1.54) is 14.0 Å². The van der Waals surface area contributed by atoms with Crippen LogP contribution in [0.4, 0.5) is 0 Å². The summed E-state index contributed by atoms with van der Waals surface area (Å²) in [5.41, 5.74) is -2.65. The van der Waals surface area contributed by atoms with Gasteiger partial charge in [0.05, 0.1) is 17.3 Å². The molecule has 29 heavy (non-hydrogen) atoms. The number of aliphatic hydroxyl groups is 3. The van der Waals surface area contributed by atoms with Crippen LogP contribution in [-0.4, -0.2) is 59.5 Å². The van der Waals surface area contributed by atoms with E-state index in [1.807, 2.05) is 0 Å². The number of aliphatic hydroxyl groups excluding tert-OH is 3. The largest absolute Gasteiger partial charge is 0.388 e. The molecule has 166 valence electrons. The molecular formula is C17H29N2O9P. The molecule has 0 spiro atoms. The molecule has 11 nitrogen and oxygen atoms in total. The molecule has 5 N–H and O–H groups in total. The smallest absolute Gasteiger partial charge is 0.356 e. The molecule has 12 heteroatoms. The molecule has 1 saturated heterocycles. The van der Waals surface area contributed by atoms with Crippen LogP contribution in [0.25, 0.3) is 0 Å². The fraction of sp³-hybridized carbons (Fsp3) is 0.765. The lowest BCUT2D eigenvalue weighted by molar-refractivity contribution is -0.0927. The van der Waals surface area contributed by atoms with Gasteiger partial charge in [-0.3, -0.25) is 13.9 Å². The van der Waals surface area contributed by atoms with Crippen LogP contribution >= 0.6 is 7.60 Å². The van der Waals surface area contributed by atoms with Crippen molar-refractivity contribution in [1.82, 2.24) is 9.55 Å². The van der Waals surface area contributed by atoms with Gasteiger partial charge in [0, 0.05) is 19.2 Å².